The molecule has 4 rings (SSSR count). The number of ether oxygens (including phenoxy) is 3. The molecule has 0 saturated heterocycles. The minimum atomic E-state index is -0.502. The van der Waals surface area contributed by atoms with Crippen LogP contribution in [-0.4, -0.2) is 33.4 Å². The molecular weight excluding hydrogens is 310 g/mol. The summed E-state index contributed by atoms with van der Waals surface area (Å²) in [5, 5.41) is 0. The van der Waals surface area contributed by atoms with Crippen molar-refractivity contribution in [3.63, 3.8) is 0 Å². The molecule has 1 aromatic heterocycles. The number of carbonyl (C=O) groups excluding carboxylic acids is 1. The van der Waals surface area contributed by atoms with Gasteiger partial charge in [0.25, 0.3) is 0 Å². The first kappa shape index (κ1) is 14.9. The van der Waals surface area contributed by atoms with Crippen LogP contribution in [0.25, 0.3) is 11.4 Å². The van der Waals surface area contributed by atoms with E-state index in [1.807, 2.05) is 39.0 Å². The highest BCUT2D eigenvalue weighted by Gasteiger charge is 2.30. The second-order valence-corrected chi connectivity index (χ2v) is 6.92. The van der Waals surface area contributed by atoms with Gasteiger partial charge in [-0.3, -0.25) is 4.90 Å². The third-order valence-electron chi connectivity index (χ3n) is 3.85. The number of rotatable bonds is 1. The molecule has 0 radical (unpaired) electrons. The van der Waals surface area contributed by atoms with Crippen molar-refractivity contribution in [2.45, 2.75) is 39.5 Å². The summed E-state index contributed by atoms with van der Waals surface area (Å²) < 4.78 is 16.1. The smallest absolute Gasteiger partial charge is 0.410 e. The quantitative estimate of drug-likeness (QED) is 0.870. The predicted molar refractivity (Wildman–Crippen MR) is 85.6 cm³/mol. The molecule has 2 aromatic rings. The van der Waals surface area contributed by atoms with Crippen molar-refractivity contribution in [3.05, 3.63) is 29.6 Å². The van der Waals surface area contributed by atoms with Crippen LogP contribution >= 0.6 is 0 Å². The first-order valence-corrected chi connectivity index (χ1v) is 7.85. The van der Waals surface area contributed by atoms with Crippen LogP contribution in [0.5, 0.6) is 11.5 Å². The Morgan fingerprint density at radius 1 is 1.25 bits per heavy atom. The third kappa shape index (κ3) is 2.66. The van der Waals surface area contributed by atoms with Gasteiger partial charge in [-0.1, -0.05) is 0 Å². The maximum atomic E-state index is 12.1. The molecule has 2 aliphatic heterocycles. The van der Waals surface area contributed by atoms with E-state index in [1.54, 1.807) is 4.90 Å². The molecule has 126 valence electrons. The number of aromatic amines is 1. The van der Waals surface area contributed by atoms with Crippen molar-refractivity contribution in [2.75, 3.05) is 6.79 Å². The summed E-state index contributed by atoms with van der Waals surface area (Å²) in [6.07, 6.45) is -0.321. The maximum Gasteiger partial charge on any atom is 0.410 e. The average Bonchev–Trinajstić information content (AvgIpc) is 3.18. The van der Waals surface area contributed by atoms with Gasteiger partial charge < -0.3 is 19.2 Å². The lowest BCUT2D eigenvalue weighted by atomic mass is 10.2. The first-order chi connectivity index (χ1) is 11.4. The van der Waals surface area contributed by atoms with Gasteiger partial charge in [0.05, 0.1) is 24.5 Å². The zero-order valence-electron chi connectivity index (χ0n) is 13.9. The molecule has 0 aliphatic carbocycles. The minimum absolute atomic E-state index is 0.248. The fourth-order valence-electron chi connectivity index (χ4n) is 2.77. The van der Waals surface area contributed by atoms with Gasteiger partial charge in [-0.2, -0.15) is 0 Å². The number of hydrogen-bond donors (Lipinski definition) is 1. The topological polar surface area (TPSA) is 76.7 Å². The lowest BCUT2D eigenvalue weighted by molar-refractivity contribution is 0.0239. The molecule has 0 bridgehead atoms. The van der Waals surface area contributed by atoms with E-state index in [1.165, 1.54) is 0 Å². The van der Waals surface area contributed by atoms with Crippen LogP contribution in [-0.2, 0) is 17.8 Å². The van der Waals surface area contributed by atoms with E-state index >= 15 is 0 Å². The number of hydrogen-bond acceptors (Lipinski definition) is 5. The molecule has 0 saturated carbocycles. The molecule has 7 nitrogen and oxygen atoms in total. The van der Waals surface area contributed by atoms with Crippen LogP contribution in [0.15, 0.2) is 18.2 Å². The SMILES string of the molecule is CC(C)(C)OC(=O)N1Cc2nc(-c3ccc4c(c3)OCO4)[nH]c2C1. The van der Waals surface area contributed by atoms with Gasteiger partial charge in [0, 0.05) is 5.56 Å². The number of carbonyl (C=O) groups is 1. The Balaban J connectivity index is 1.51. The molecular formula is C17H19N3O4. The highest BCUT2D eigenvalue weighted by molar-refractivity contribution is 5.69. The molecule has 1 N–H and O–H groups in total. The van der Waals surface area contributed by atoms with Gasteiger partial charge in [0.15, 0.2) is 11.5 Å². The number of nitrogens with one attached hydrogen (secondary N) is 1. The van der Waals surface area contributed by atoms with Crippen molar-refractivity contribution in [1.82, 2.24) is 14.9 Å². The van der Waals surface area contributed by atoms with E-state index in [4.69, 9.17) is 14.2 Å². The molecule has 0 fully saturated rings. The molecule has 3 heterocycles. The molecule has 7 heteroatoms. The highest BCUT2D eigenvalue weighted by atomic mass is 16.7. The summed E-state index contributed by atoms with van der Waals surface area (Å²) in [6.45, 7) is 6.74. The largest absolute Gasteiger partial charge is 0.454 e. The van der Waals surface area contributed by atoms with E-state index in [0.29, 0.717) is 13.1 Å². The summed E-state index contributed by atoms with van der Waals surface area (Å²) in [5.74, 6) is 2.23. The number of H-pyrrole nitrogens is 1. The Kier molecular flexibility index (Phi) is 3.19. The Bertz CT molecular complexity index is 783. The summed E-state index contributed by atoms with van der Waals surface area (Å²) >= 11 is 0. The van der Waals surface area contributed by atoms with Crippen LogP contribution in [0.1, 0.15) is 32.2 Å². The molecule has 0 atom stereocenters. The fraction of sp³-hybridized carbons (Fsp3) is 0.412. The average molecular weight is 329 g/mol. The lowest BCUT2D eigenvalue weighted by Gasteiger charge is -2.24. The zero-order valence-corrected chi connectivity index (χ0v) is 13.9. The molecule has 24 heavy (non-hydrogen) atoms. The predicted octanol–water partition coefficient (Wildman–Crippen LogP) is 3.06. The van der Waals surface area contributed by atoms with Gasteiger partial charge >= 0.3 is 6.09 Å². The van der Waals surface area contributed by atoms with E-state index in [0.717, 1.165) is 34.3 Å². The number of amides is 1. The van der Waals surface area contributed by atoms with E-state index in [-0.39, 0.29) is 12.9 Å². The van der Waals surface area contributed by atoms with E-state index in [2.05, 4.69) is 9.97 Å². The van der Waals surface area contributed by atoms with E-state index < -0.39 is 5.60 Å². The Hall–Kier alpha value is -2.70. The van der Waals surface area contributed by atoms with Crippen LogP contribution < -0.4 is 9.47 Å². The Morgan fingerprint density at radius 3 is 2.79 bits per heavy atom. The normalized spacial score (nSPS) is 15.5. The van der Waals surface area contributed by atoms with Crippen molar-refractivity contribution < 1.29 is 19.0 Å². The van der Waals surface area contributed by atoms with Crippen LogP contribution in [0.4, 0.5) is 4.79 Å². The number of benzene rings is 1. The van der Waals surface area contributed by atoms with E-state index in [9.17, 15) is 4.79 Å². The summed E-state index contributed by atoms with van der Waals surface area (Å²) in [7, 11) is 0. The second-order valence-electron chi connectivity index (χ2n) is 6.92. The van der Waals surface area contributed by atoms with Crippen LogP contribution in [0.2, 0.25) is 0 Å². The monoisotopic (exact) mass is 329 g/mol. The van der Waals surface area contributed by atoms with Crippen molar-refractivity contribution in [2.24, 2.45) is 0 Å². The van der Waals surface area contributed by atoms with Gasteiger partial charge in [0.1, 0.15) is 11.4 Å². The van der Waals surface area contributed by atoms with Gasteiger partial charge in [0.2, 0.25) is 6.79 Å². The molecule has 0 spiro atoms. The highest BCUT2D eigenvalue weighted by Crippen LogP contribution is 2.36. The number of imidazole rings is 1. The standard InChI is InChI=1S/C17H19N3O4/c1-17(2,3)24-16(21)20-7-11-12(8-20)19-15(18-11)10-4-5-13-14(6-10)23-9-22-13/h4-6H,7-9H2,1-3H3,(H,18,19). The van der Waals surface area contributed by atoms with Crippen LogP contribution in [0, 0.1) is 0 Å². The Morgan fingerprint density at radius 2 is 2.04 bits per heavy atom. The Labute approximate surface area is 139 Å². The summed E-state index contributed by atoms with van der Waals surface area (Å²) in [4.78, 5) is 21.7. The molecule has 1 amide bonds. The second kappa shape index (κ2) is 5.15. The maximum absolute atomic E-state index is 12.1. The lowest BCUT2D eigenvalue weighted by Crippen LogP contribution is -2.33. The third-order valence-corrected chi connectivity index (χ3v) is 3.85. The fourth-order valence-corrected chi connectivity index (χ4v) is 2.77. The van der Waals surface area contributed by atoms with Crippen LogP contribution in [0.3, 0.4) is 0 Å². The van der Waals surface area contributed by atoms with Gasteiger partial charge in [-0.05, 0) is 39.0 Å². The van der Waals surface area contributed by atoms with Crippen molar-refractivity contribution in [1.29, 1.82) is 0 Å². The van der Waals surface area contributed by atoms with Crippen molar-refractivity contribution >= 4 is 6.09 Å². The molecule has 0 unspecified atom stereocenters. The van der Waals surface area contributed by atoms with Crippen molar-refractivity contribution in [3.8, 4) is 22.9 Å². The number of nitrogens with zero attached hydrogens (tertiary/aromatic N) is 2. The van der Waals surface area contributed by atoms with Gasteiger partial charge in [-0.15, -0.1) is 0 Å². The van der Waals surface area contributed by atoms with Gasteiger partial charge in [-0.25, -0.2) is 9.78 Å². The number of fused-ring (bicyclic) bond motifs is 2. The molecule has 1 aromatic carbocycles. The molecule has 2 aliphatic rings. The zero-order chi connectivity index (χ0) is 16.9. The number of aromatic nitrogens is 2. The summed E-state index contributed by atoms with van der Waals surface area (Å²) in [6, 6.07) is 5.72. The first-order valence-electron chi connectivity index (χ1n) is 7.85. The summed E-state index contributed by atoms with van der Waals surface area (Å²) in [5.41, 5.74) is 2.23. The minimum Gasteiger partial charge on any atom is -0.454 e.